The lowest BCUT2D eigenvalue weighted by molar-refractivity contribution is -0.150. The summed E-state index contributed by atoms with van der Waals surface area (Å²) in [6.07, 6.45) is 29.5. The van der Waals surface area contributed by atoms with E-state index in [1.807, 2.05) is 19.0 Å². The number of carbonyl (C=O) groups is 3. The summed E-state index contributed by atoms with van der Waals surface area (Å²) in [5.74, 6) is -6.68. The maximum absolute atomic E-state index is 14.1. The number of allylic oxidation sites excluding steroid dienone is 2. The molecule has 60 heavy (non-hydrogen) atoms. The Labute approximate surface area is 363 Å². The van der Waals surface area contributed by atoms with Crippen molar-refractivity contribution in [1.29, 1.82) is 0 Å². The van der Waals surface area contributed by atoms with Crippen LogP contribution in [0.2, 0.25) is 0 Å². The molecule has 0 aliphatic heterocycles. The van der Waals surface area contributed by atoms with Crippen molar-refractivity contribution in [1.82, 2.24) is 4.90 Å². The Bertz CT molecular complexity index is 1030. The third-order valence-corrected chi connectivity index (χ3v) is 10.7. The van der Waals surface area contributed by atoms with Crippen LogP contribution in [0.25, 0.3) is 0 Å². The van der Waals surface area contributed by atoms with Gasteiger partial charge in [-0.2, -0.15) is 0 Å². The molecule has 0 fully saturated rings. The highest BCUT2D eigenvalue weighted by Gasteiger charge is 2.24. The van der Waals surface area contributed by atoms with E-state index in [-0.39, 0.29) is 62.9 Å². The van der Waals surface area contributed by atoms with E-state index in [0.717, 1.165) is 128 Å². The molecule has 7 nitrogen and oxygen atoms in total. The number of halogens is 4. The molecule has 11 heteroatoms. The molecule has 0 saturated carbocycles. The first-order chi connectivity index (χ1) is 28.8. The minimum Gasteiger partial charge on any atom is -0.462 e. The van der Waals surface area contributed by atoms with Gasteiger partial charge in [0.15, 0.2) is 0 Å². The molecule has 0 bridgehead atoms. The van der Waals surface area contributed by atoms with Crippen molar-refractivity contribution in [2.24, 2.45) is 0 Å². The fraction of sp³-hybridized carbons (Fsp3) is 0.857. The number of nitrogens with zero attached hydrogens (tertiary/aromatic N) is 1. The Morgan fingerprint density at radius 1 is 0.483 bits per heavy atom. The van der Waals surface area contributed by atoms with Gasteiger partial charge in [0.05, 0.1) is 0 Å². The van der Waals surface area contributed by atoms with Crippen LogP contribution >= 0.6 is 0 Å². The maximum Gasteiger partial charge on any atom is 0.306 e. The Morgan fingerprint density at radius 2 is 0.833 bits per heavy atom. The van der Waals surface area contributed by atoms with Crippen molar-refractivity contribution >= 4 is 17.9 Å². The molecule has 0 atom stereocenters. The van der Waals surface area contributed by atoms with Gasteiger partial charge in [-0.3, -0.25) is 14.4 Å². The third-order valence-electron chi connectivity index (χ3n) is 10.7. The highest BCUT2D eigenvalue weighted by Crippen LogP contribution is 2.25. The van der Waals surface area contributed by atoms with Crippen LogP contribution in [-0.4, -0.2) is 74.6 Å². The van der Waals surface area contributed by atoms with E-state index in [2.05, 4.69) is 13.8 Å². The van der Waals surface area contributed by atoms with E-state index in [1.54, 1.807) is 0 Å². The molecular weight excluding hydrogens is 775 g/mol. The Balaban J connectivity index is 4.26. The van der Waals surface area contributed by atoms with Gasteiger partial charge in [-0.1, -0.05) is 129 Å². The van der Waals surface area contributed by atoms with Crippen LogP contribution < -0.4 is 0 Å². The predicted octanol–water partition coefficient (Wildman–Crippen LogP) is 14.5. The molecule has 0 spiro atoms. The lowest BCUT2D eigenvalue weighted by Crippen LogP contribution is -2.20. The molecule has 0 heterocycles. The number of esters is 3. The minimum absolute atomic E-state index is 0.139. The topological polar surface area (TPSA) is 82.1 Å². The molecule has 0 aromatic rings. The first-order valence-corrected chi connectivity index (χ1v) is 24.1. The van der Waals surface area contributed by atoms with Gasteiger partial charge in [0, 0.05) is 32.1 Å². The van der Waals surface area contributed by atoms with Gasteiger partial charge in [0.25, 0.3) is 11.8 Å². The normalized spacial score (nSPS) is 12.8. The summed E-state index contributed by atoms with van der Waals surface area (Å²) < 4.78 is 72.5. The SMILES string of the molecule is CCCCCCCCCC(F)(F)C=CCOC(=O)CCCCCCCC(CCCCCCCC(=O)OCC=CC(F)(F)CCCCCCCCC)OC(=O)CCCN(C)C. The standard InChI is InChI=1S/C49H87F4NO6/c1-5-7-9-11-13-21-27-37-48(50,51)39-30-42-58-45(55)34-25-19-15-17-23-32-44(60-47(57)36-29-41-54(3)4)33-24-18-16-20-26-35-46(56)59-43-31-40-49(52,53)38-28-22-14-12-10-8-6-2/h30-31,39-40,44H,5-29,32-38,41-43H2,1-4H3. The minimum atomic E-state index is -2.88. The molecular formula is C49H87F4NO6. The molecule has 0 aromatic heterocycles. The van der Waals surface area contributed by atoms with Crippen molar-refractivity contribution in [3.05, 3.63) is 24.3 Å². The number of hydrogen-bond donors (Lipinski definition) is 0. The summed E-state index contributed by atoms with van der Waals surface area (Å²) in [6, 6.07) is 0. The van der Waals surface area contributed by atoms with E-state index >= 15 is 0 Å². The summed E-state index contributed by atoms with van der Waals surface area (Å²) in [7, 11) is 3.95. The van der Waals surface area contributed by atoms with Crippen LogP contribution in [0.1, 0.15) is 219 Å². The summed E-state index contributed by atoms with van der Waals surface area (Å²) >= 11 is 0. The van der Waals surface area contributed by atoms with Gasteiger partial charge in [-0.05, 0) is 103 Å². The van der Waals surface area contributed by atoms with Gasteiger partial charge < -0.3 is 19.1 Å². The van der Waals surface area contributed by atoms with E-state index in [1.165, 1.54) is 50.7 Å². The molecule has 352 valence electrons. The van der Waals surface area contributed by atoms with Crippen molar-refractivity contribution in [3.63, 3.8) is 0 Å². The average Bonchev–Trinajstić information content (AvgIpc) is 3.19. The van der Waals surface area contributed by atoms with Crippen molar-refractivity contribution in [2.75, 3.05) is 33.9 Å². The predicted molar refractivity (Wildman–Crippen MR) is 238 cm³/mol. The molecule has 0 radical (unpaired) electrons. The van der Waals surface area contributed by atoms with Crippen LogP contribution in [0.5, 0.6) is 0 Å². The molecule has 0 unspecified atom stereocenters. The van der Waals surface area contributed by atoms with Crippen LogP contribution in [0.15, 0.2) is 24.3 Å². The fourth-order valence-corrected chi connectivity index (χ4v) is 7.06. The van der Waals surface area contributed by atoms with Gasteiger partial charge in [-0.25, -0.2) is 17.6 Å². The van der Waals surface area contributed by atoms with Crippen LogP contribution in [0, 0.1) is 0 Å². The number of carbonyl (C=O) groups excluding carboxylic acids is 3. The third kappa shape index (κ3) is 40.9. The molecule has 0 saturated heterocycles. The Hall–Kier alpha value is -2.43. The second-order valence-corrected chi connectivity index (χ2v) is 17.1. The first-order valence-electron chi connectivity index (χ1n) is 24.1. The van der Waals surface area contributed by atoms with Crippen LogP contribution in [0.3, 0.4) is 0 Å². The smallest absolute Gasteiger partial charge is 0.306 e. The van der Waals surface area contributed by atoms with Gasteiger partial charge in [-0.15, -0.1) is 0 Å². The summed E-state index contributed by atoms with van der Waals surface area (Å²) in [4.78, 5) is 38.8. The molecule has 0 rings (SSSR count). The number of rotatable bonds is 43. The van der Waals surface area contributed by atoms with Gasteiger partial charge >= 0.3 is 17.9 Å². The maximum atomic E-state index is 14.1. The van der Waals surface area contributed by atoms with Gasteiger partial charge in [0.2, 0.25) is 0 Å². The van der Waals surface area contributed by atoms with Crippen LogP contribution in [0.4, 0.5) is 17.6 Å². The lowest BCUT2D eigenvalue weighted by atomic mass is 10.0. The summed E-state index contributed by atoms with van der Waals surface area (Å²) in [5.41, 5.74) is 0. The molecule has 0 aliphatic carbocycles. The first kappa shape index (κ1) is 57.6. The highest BCUT2D eigenvalue weighted by molar-refractivity contribution is 5.70. The van der Waals surface area contributed by atoms with E-state index < -0.39 is 11.8 Å². The Morgan fingerprint density at radius 3 is 1.23 bits per heavy atom. The van der Waals surface area contributed by atoms with E-state index in [9.17, 15) is 31.9 Å². The number of alkyl halides is 4. The second kappa shape index (κ2) is 39.4. The zero-order valence-electron chi connectivity index (χ0n) is 38.5. The zero-order valence-corrected chi connectivity index (χ0v) is 38.5. The van der Waals surface area contributed by atoms with Crippen molar-refractivity contribution in [3.8, 4) is 0 Å². The monoisotopic (exact) mass is 862 g/mol. The quantitative estimate of drug-likeness (QED) is 0.0198. The molecule has 0 aromatic carbocycles. The van der Waals surface area contributed by atoms with Crippen LogP contribution in [-0.2, 0) is 28.6 Å². The molecule has 0 N–H and O–H groups in total. The summed E-state index contributed by atoms with van der Waals surface area (Å²) in [6.45, 7) is 4.85. The number of hydrogen-bond acceptors (Lipinski definition) is 7. The largest absolute Gasteiger partial charge is 0.462 e. The number of ether oxygens (including phenoxy) is 3. The average molecular weight is 862 g/mol. The Kier molecular flexibility index (Phi) is 37.8. The molecule has 0 aliphatic rings. The van der Waals surface area contributed by atoms with E-state index in [0.29, 0.717) is 32.1 Å². The van der Waals surface area contributed by atoms with E-state index in [4.69, 9.17) is 14.2 Å². The van der Waals surface area contributed by atoms with Crippen molar-refractivity contribution in [2.45, 2.75) is 237 Å². The fourth-order valence-electron chi connectivity index (χ4n) is 7.06. The zero-order chi connectivity index (χ0) is 44.6. The highest BCUT2D eigenvalue weighted by atomic mass is 19.3. The molecule has 0 amide bonds. The summed E-state index contributed by atoms with van der Waals surface area (Å²) in [5, 5.41) is 0. The lowest BCUT2D eigenvalue weighted by Gasteiger charge is -2.18. The number of unbranched alkanes of at least 4 members (excludes halogenated alkanes) is 20. The van der Waals surface area contributed by atoms with Gasteiger partial charge in [0.1, 0.15) is 19.3 Å². The second-order valence-electron chi connectivity index (χ2n) is 17.1. The van der Waals surface area contributed by atoms with Crippen molar-refractivity contribution < 1.29 is 46.2 Å².